The SMILES string of the molecule is CC(C)OC(=O)[C@@H](C)N[P@@](=O)(OC[C@H]1O[C@@H](n2cnc3cnc(N)nc32)[C@](C)(F)[C@@H]1O)Oc1ccccc1. The molecule has 0 spiro atoms. The first-order valence-electron chi connectivity index (χ1n) is 11.8. The number of carbonyl (C=O) groups excluding carboxylic acids is 1. The van der Waals surface area contributed by atoms with E-state index in [-0.39, 0.29) is 17.3 Å². The predicted octanol–water partition coefficient (Wildman–Crippen LogP) is 2.53. The number of nitrogen functional groups attached to an aromatic ring is 1. The Bertz CT molecular complexity index is 1320. The molecular formula is C23H30FN6O7P. The average Bonchev–Trinajstić information content (AvgIpc) is 3.35. The number of anilines is 1. The smallest absolute Gasteiger partial charge is 0.459 e. The number of halogens is 1. The van der Waals surface area contributed by atoms with Gasteiger partial charge in [0, 0.05) is 0 Å². The lowest BCUT2D eigenvalue weighted by atomic mass is 9.98. The maximum Gasteiger partial charge on any atom is 0.459 e. The minimum Gasteiger partial charge on any atom is -0.462 e. The minimum absolute atomic E-state index is 0.0478. The van der Waals surface area contributed by atoms with Crippen LogP contribution in [0.25, 0.3) is 11.2 Å². The predicted molar refractivity (Wildman–Crippen MR) is 134 cm³/mol. The summed E-state index contributed by atoms with van der Waals surface area (Å²) < 4.78 is 52.9. The number of ether oxygens (including phenoxy) is 2. The summed E-state index contributed by atoms with van der Waals surface area (Å²) in [6.45, 7) is 5.38. The molecule has 38 heavy (non-hydrogen) atoms. The maximum absolute atomic E-state index is 15.8. The van der Waals surface area contributed by atoms with E-state index in [1.807, 2.05) is 0 Å². The summed E-state index contributed by atoms with van der Waals surface area (Å²) in [6.07, 6.45) is -2.07. The van der Waals surface area contributed by atoms with Gasteiger partial charge in [0.25, 0.3) is 0 Å². The third-order valence-corrected chi connectivity index (χ3v) is 7.38. The van der Waals surface area contributed by atoms with Crippen molar-refractivity contribution in [1.82, 2.24) is 24.6 Å². The fourth-order valence-corrected chi connectivity index (χ4v) is 5.37. The molecule has 15 heteroatoms. The van der Waals surface area contributed by atoms with Crippen LogP contribution in [-0.2, 0) is 23.4 Å². The standard InChI is InChI=1S/C23H30FN6O7P/c1-13(2)35-20(32)14(3)29-38(33,37-15-8-6-5-7-9-15)34-11-17-18(31)23(4,24)21(36-17)30-12-27-16-10-26-22(25)28-19(16)30/h5-10,12-14,17-18,21,31H,11H2,1-4H3,(H,29,33)(H2,25,26,28)/t14-,17-,18-,21-,23-,38-/m1/s1. The van der Waals surface area contributed by atoms with Crippen LogP contribution >= 0.6 is 7.75 Å². The molecule has 0 amide bonds. The summed E-state index contributed by atoms with van der Waals surface area (Å²) in [7, 11) is -4.26. The van der Waals surface area contributed by atoms with E-state index in [9.17, 15) is 14.5 Å². The number of aliphatic hydroxyl groups excluding tert-OH is 1. The van der Waals surface area contributed by atoms with Gasteiger partial charge in [-0.1, -0.05) is 18.2 Å². The van der Waals surface area contributed by atoms with E-state index in [2.05, 4.69) is 20.0 Å². The maximum atomic E-state index is 15.8. The van der Waals surface area contributed by atoms with E-state index in [1.165, 1.54) is 24.0 Å². The molecule has 0 bridgehead atoms. The van der Waals surface area contributed by atoms with Crippen LogP contribution in [-0.4, -0.2) is 67.2 Å². The van der Waals surface area contributed by atoms with Gasteiger partial charge in [0.2, 0.25) is 5.95 Å². The zero-order valence-electron chi connectivity index (χ0n) is 21.2. The molecular weight excluding hydrogens is 522 g/mol. The molecule has 4 rings (SSSR count). The van der Waals surface area contributed by atoms with Crippen LogP contribution in [0, 0.1) is 0 Å². The first kappa shape index (κ1) is 27.9. The van der Waals surface area contributed by atoms with Gasteiger partial charge in [0.1, 0.15) is 29.5 Å². The van der Waals surface area contributed by atoms with E-state index in [1.54, 1.807) is 44.2 Å². The molecule has 1 fully saturated rings. The number of aliphatic hydroxyl groups is 1. The van der Waals surface area contributed by atoms with Gasteiger partial charge in [-0.3, -0.25) is 13.9 Å². The molecule has 1 aliphatic rings. The Morgan fingerprint density at radius 3 is 2.71 bits per heavy atom. The highest BCUT2D eigenvalue weighted by atomic mass is 31.2. The van der Waals surface area contributed by atoms with Crippen LogP contribution in [0.15, 0.2) is 42.9 Å². The van der Waals surface area contributed by atoms with Crippen molar-refractivity contribution in [2.45, 2.75) is 63.9 Å². The quantitative estimate of drug-likeness (QED) is 0.248. The second kappa shape index (κ2) is 10.9. The van der Waals surface area contributed by atoms with Crippen LogP contribution in [0.1, 0.15) is 33.9 Å². The molecule has 1 aliphatic heterocycles. The van der Waals surface area contributed by atoms with Crippen LogP contribution in [0.2, 0.25) is 0 Å². The molecule has 13 nitrogen and oxygen atoms in total. The number of nitrogens with two attached hydrogens (primary N) is 1. The highest BCUT2D eigenvalue weighted by Gasteiger charge is 2.56. The summed E-state index contributed by atoms with van der Waals surface area (Å²) >= 11 is 0. The topological polar surface area (TPSA) is 173 Å². The van der Waals surface area contributed by atoms with Gasteiger partial charge in [-0.2, -0.15) is 10.1 Å². The Morgan fingerprint density at radius 2 is 2.03 bits per heavy atom. The lowest BCUT2D eigenvalue weighted by Gasteiger charge is -2.25. The first-order valence-corrected chi connectivity index (χ1v) is 13.4. The molecule has 0 unspecified atom stereocenters. The highest BCUT2D eigenvalue weighted by Crippen LogP contribution is 2.48. The largest absolute Gasteiger partial charge is 0.462 e. The van der Waals surface area contributed by atoms with Gasteiger partial charge < -0.3 is 24.8 Å². The number of rotatable bonds is 10. The van der Waals surface area contributed by atoms with E-state index < -0.39 is 56.6 Å². The first-order chi connectivity index (χ1) is 17.9. The van der Waals surface area contributed by atoms with Crippen LogP contribution in [0.5, 0.6) is 5.75 Å². The summed E-state index contributed by atoms with van der Waals surface area (Å²) in [5.74, 6) is -0.535. The second-order valence-corrected chi connectivity index (χ2v) is 10.9. The van der Waals surface area contributed by atoms with Gasteiger partial charge in [-0.05, 0) is 39.8 Å². The third kappa shape index (κ3) is 5.94. The van der Waals surface area contributed by atoms with E-state index >= 15 is 4.39 Å². The molecule has 1 aromatic carbocycles. The van der Waals surface area contributed by atoms with E-state index in [0.29, 0.717) is 5.52 Å². The van der Waals surface area contributed by atoms with Gasteiger partial charge in [0.15, 0.2) is 17.5 Å². The van der Waals surface area contributed by atoms with Crippen LogP contribution in [0.4, 0.5) is 10.3 Å². The Hall–Kier alpha value is -3.16. The third-order valence-electron chi connectivity index (χ3n) is 5.74. The fraction of sp³-hybridized carbons (Fsp3) is 0.478. The van der Waals surface area contributed by atoms with E-state index in [4.69, 9.17) is 24.3 Å². The zero-order chi connectivity index (χ0) is 27.7. The molecule has 0 aliphatic carbocycles. The normalized spacial score (nSPS) is 25.8. The number of esters is 1. The molecule has 206 valence electrons. The number of carbonyl (C=O) groups is 1. The Kier molecular flexibility index (Phi) is 8.00. The number of nitrogens with zero attached hydrogens (tertiary/aromatic N) is 4. The van der Waals surface area contributed by atoms with Crippen LogP contribution in [0.3, 0.4) is 0 Å². The van der Waals surface area contributed by atoms with E-state index in [0.717, 1.165) is 6.92 Å². The van der Waals surface area contributed by atoms with Crippen molar-refractivity contribution in [1.29, 1.82) is 0 Å². The molecule has 4 N–H and O–H groups in total. The Balaban J connectivity index is 1.54. The van der Waals surface area contributed by atoms with Crippen molar-refractivity contribution in [3.8, 4) is 5.75 Å². The van der Waals surface area contributed by atoms with Gasteiger partial charge in [-0.15, -0.1) is 0 Å². The lowest BCUT2D eigenvalue weighted by molar-refractivity contribution is -0.149. The molecule has 3 heterocycles. The van der Waals surface area contributed by atoms with Crippen molar-refractivity contribution < 1.29 is 37.4 Å². The molecule has 0 radical (unpaired) electrons. The van der Waals surface area contributed by atoms with Gasteiger partial charge >= 0.3 is 13.7 Å². The number of benzene rings is 1. The number of fused-ring (bicyclic) bond motifs is 1. The molecule has 1 saturated heterocycles. The highest BCUT2D eigenvalue weighted by molar-refractivity contribution is 7.52. The van der Waals surface area contributed by atoms with Crippen molar-refractivity contribution >= 4 is 30.8 Å². The molecule has 3 aromatic rings. The van der Waals surface area contributed by atoms with Crippen molar-refractivity contribution in [2.75, 3.05) is 12.3 Å². The number of nitrogens with one attached hydrogen (secondary N) is 1. The lowest BCUT2D eigenvalue weighted by Crippen LogP contribution is -2.41. The molecule has 0 saturated carbocycles. The summed E-state index contributed by atoms with van der Waals surface area (Å²) in [5.41, 5.74) is 3.89. The minimum atomic E-state index is -4.26. The van der Waals surface area contributed by atoms with Crippen molar-refractivity contribution in [3.05, 3.63) is 42.9 Å². The zero-order valence-corrected chi connectivity index (χ0v) is 22.1. The summed E-state index contributed by atoms with van der Waals surface area (Å²) in [4.78, 5) is 24.4. The van der Waals surface area contributed by atoms with Crippen molar-refractivity contribution in [2.24, 2.45) is 0 Å². The number of hydrogen-bond acceptors (Lipinski definition) is 11. The van der Waals surface area contributed by atoms with Gasteiger partial charge in [0.05, 0.1) is 25.2 Å². The number of hydrogen-bond donors (Lipinski definition) is 3. The molecule has 6 atom stereocenters. The number of imidazole rings is 1. The number of alkyl halides is 1. The molecule has 2 aromatic heterocycles. The number of aromatic nitrogens is 4. The Labute approximate surface area is 218 Å². The summed E-state index contributed by atoms with van der Waals surface area (Å²) in [6, 6.07) is 7.06. The van der Waals surface area contributed by atoms with Gasteiger partial charge in [-0.25, -0.2) is 18.9 Å². The van der Waals surface area contributed by atoms with Crippen molar-refractivity contribution in [3.63, 3.8) is 0 Å². The average molecular weight is 553 g/mol. The second-order valence-electron chi connectivity index (χ2n) is 9.25. The van der Waals surface area contributed by atoms with Crippen LogP contribution < -0.4 is 15.3 Å². The summed E-state index contributed by atoms with van der Waals surface area (Å²) in [5, 5.41) is 13.3. The fourth-order valence-electron chi connectivity index (χ4n) is 3.87. The Morgan fingerprint density at radius 1 is 1.32 bits per heavy atom. The number of para-hydroxylation sites is 1. The monoisotopic (exact) mass is 552 g/mol.